The van der Waals surface area contributed by atoms with Crippen LogP contribution in [-0.4, -0.2) is 47.3 Å². The Morgan fingerprint density at radius 1 is 1.25 bits per heavy atom. The molecule has 5 nitrogen and oxygen atoms in total. The van der Waals surface area contributed by atoms with E-state index in [2.05, 4.69) is 0 Å². The Morgan fingerprint density at radius 2 is 1.90 bits per heavy atom. The average molecular weight is 297 g/mol. The van der Waals surface area contributed by atoms with Crippen LogP contribution in [0.15, 0.2) is 29.2 Å². The standard InChI is InChI=1S/C14H19NO4S/c1-3-15(9-14(17)18)13(16)10-20-12-7-5-11(6-8-12)19-4-2/h5-8H,3-4,9-10H2,1-2H3,(H,17,18). The van der Waals surface area contributed by atoms with Crippen LogP contribution in [0.1, 0.15) is 13.8 Å². The summed E-state index contributed by atoms with van der Waals surface area (Å²) in [6.07, 6.45) is 0. The Kier molecular flexibility index (Phi) is 6.93. The van der Waals surface area contributed by atoms with E-state index in [-0.39, 0.29) is 18.2 Å². The van der Waals surface area contributed by atoms with E-state index in [4.69, 9.17) is 9.84 Å². The van der Waals surface area contributed by atoms with Crippen LogP contribution in [0.2, 0.25) is 0 Å². The van der Waals surface area contributed by atoms with E-state index in [1.807, 2.05) is 31.2 Å². The first-order chi connectivity index (χ1) is 9.56. The number of amides is 1. The van der Waals surface area contributed by atoms with Crippen LogP contribution in [0.4, 0.5) is 0 Å². The molecule has 1 aromatic carbocycles. The van der Waals surface area contributed by atoms with E-state index in [1.165, 1.54) is 16.7 Å². The number of hydrogen-bond acceptors (Lipinski definition) is 4. The van der Waals surface area contributed by atoms with E-state index in [1.54, 1.807) is 6.92 Å². The Hall–Kier alpha value is -1.69. The van der Waals surface area contributed by atoms with Gasteiger partial charge in [0.25, 0.3) is 0 Å². The van der Waals surface area contributed by atoms with Crippen molar-refractivity contribution in [1.29, 1.82) is 0 Å². The van der Waals surface area contributed by atoms with Crippen molar-refractivity contribution in [2.24, 2.45) is 0 Å². The van der Waals surface area contributed by atoms with Crippen LogP contribution in [0.25, 0.3) is 0 Å². The van der Waals surface area contributed by atoms with Gasteiger partial charge in [-0.15, -0.1) is 11.8 Å². The van der Waals surface area contributed by atoms with E-state index < -0.39 is 5.97 Å². The number of hydrogen-bond donors (Lipinski definition) is 1. The van der Waals surface area contributed by atoms with Crippen molar-refractivity contribution < 1.29 is 19.4 Å². The minimum absolute atomic E-state index is 0.172. The van der Waals surface area contributed by atoms with Crippen molar-refractivity contribution in [2.75, 3.05) is 25.4 Å². The summed E-state index contributed by atoms with van der Waals surface area (Å²) in [7, 11) is 0. The van der Waals surface area contributed by atoms with Gasteiger partial charge < -0.3 is 14.7 Å². The van der Waals surface area contributed by atoms with Gasteiger partial charge in [0.05, 0.1) is 12.4 Å². The number of carbonyl (C=O) groups excluding carboxylic acids is 1. The molecule has 0 unspecified atom stereocenters. The second-order valence-electron chi connectivity index (χ2n) is 3.99. The highest BCUT2D eigenvalue weighted by molar-refractivity contribution is 8.00. The van der Waals surface area contributed by atoms with Crippen LogP contribution < -0.4 is 4.74 Å². The van der Waals surface area contributed by atoms with Gasteiger partial charge in [-0.05, 0) is 38.1 Å². The largest absolute Gasteiger partial charge is 0.494 e. The summed E-state index contributed by atoms with van der Waals surface area (Å²) < 4.78 is 5.34. The molecule has 0 aliphatic rings. The molecule has 1 rings (SSSR count). The molecule has 0 fully saturated rings. The van der Waals surface area contributed by atoms with Crippen molar-refractivity contribution in [3.63, 3.8) is 0 Å². The summed E-state index contributed by atoms with van der Waals surface area (Å²) >= 11 is 1.39. The molecule has 0 radical (unpaired) electrons. The van der Waals surface area contributed by atoms with Crippen molar-refractivity contribution in [3.8, 4) is 5.75 Å². The molecule has 0 bridgehead atoms. The number of carboxylic acid groups (broad SMARTS) is 1. The van der Waals surface area contributed by atoms with Crippen LogP contribution in [0.5, 0.6) is 5.75 Å². The van der Waals surface area contributed by atoms with Gasteiger partial charge in [0.15, 0.2) is 0 Å². The van der Waals surface area contributed by atoms with Crippen LogP contribution in [0.3, 0.4) is 0 Å². The van der Waals surface area contributed by atoms with Gasteiger partial charge >= 0.3 is 5.97 Å². The first-order valence-electron chi connectivity index (χ1n) is 6.42. The molecular formula is C14H19NO4S. The molecule has 1 N–H and O–H groups in total. The maximum Gasteiger partial charge on any atom is 0.323 e. The summed E-state index contributed by atoms with van der Waals surface area (Å²) in [6.45, 7) is 4.45. The fraction of sp³-hybridized carbons (Fsp3) is 0.429. The first-order valence-corrected chi connectivity index (χ1v) is 7.40. The second kappa shape index (κ2) is 8.47. The number of aliphatic carboxylic acids is 1. The van der Waals surface area contributed by atoms with Crippen LogP contribution >= 0.6 is 11.8 Å². The van der Waals surface area contributed by atoms with Gasteiger partial charge in [-0.3, -0.25) is 9.59 Å². The zero-order valence-electron chi connectivity index (χ0n) is 11.7. The lowest BCUT2D eigenvalue weighted by Crippen LogP contribution is -2.36. The van der Waals surface area contributed by atoms with Crippen LogP contribution in [0, 0.1) is 0 Å². The molecule has 1 aromatic rings. The third-order valence-corrected chi connectivity index (χ3v) is 3.55. The van der Waals surface area contributed by atoms with Gasteiger partial charge in [-0.2, -0.15) is 0 Å². The zero-order valence-corrected chi connectivity index (χ0v) is 12.5. The van der Waals surface area contributed by atoms with Gasteiger partial charge in [0.2, 0.25) is 5.91 Å². The number of rotatable bonds is 8. The second-order valence-corrected chi connectivity index (χ2v) is 5.04. The smallest absolute Gasteiger partial charge is 0.323 e. The predicted molar refractivity (Wildman–Crippen MR) is 78.2 cm³/mol. The highest BCUT2D eigenvalue weighted by Crippen LogP contribution is 2.21. The Balaban J connectivity index is 2.48. The summed E-state index contributed by atoms with van der Waals surface area (Å²) in [5, 5.41) is 8.72. The minimum Gasteiger partial charge on any atom is -0.494 e. The average Bonchev–Trinajstić information content (AvgIpc) is 2.43. The lowest BCUT2D eigenvalue weighted by molar-refractivity contribution is -0.143. The number of ether oxygens (including phenoxy) is 1. The molecule has 0 atom stereocenters. The van der Waals surface area contributed by atoms with Crippen molar-refractivity contribution in [2.45, 2.75) is 18.7 Å². The lowest BCUT2D eigenvalue weighted by Gasteiger charge is -2.18. The van der Waals surface area contributed by atoms with Crippen molar-refractivity contribution >= 4 is 23.6 Å². The monoisotopic (exact) mass is 297 g/mol. The van der Waals surface area contributed by atoms with Gasteiger partial charge in [0.1, 0.15) is 12.3 Å². The molecule has 0 aliphatic heterocycles. The first kappa shape index (κ1) is 16.4. The van der Waals surface area contributed by atoms with E-state index in [0.717, 1.165) is 10.6 Å². The SMILES string of the molecule is CCOc1ccc(SCC(=O)N(CC)CC(=O)O)cc1. The maximum atomic E-state index is 11.9. The Bertz CT molecular complexity index is 447. The number of carboxylic acids is 1. The third kappa shape index (κ3) is 5.52. The molecule has 0 heterocycles. The number of carbonyl (C=O) groups is 2. The Morgan fingerprint density at radius 3 is 2.40 bits per heavy atom. The minimum atomic E-state index is -0.994. The molecular weight excluding hydrogens is 278 g/mol. The molecule has 1 amide bonds. The predicted octanol–water partition coefficient (Wildman–Crippen LogP) is 2.11. The fourth-order valence-electron chi connectivity index (χ4n) is 1.57. The maximum absolute atomic E-state index is 11.9. The molecule has 0 saturated carbocycles. The van der Waals surface area contributed by atoms with E-state index >= 15 is 0 Å². The molecule has 20 heavy (non-hydrogen) atoms. The normalized spacial score (nSPS) is 10.1. The lowest BCUT2D eigenvalue weighted by atomic mass is 10.3. The summed E-state index contributed by atoms with van der Waals surface area (Å²) in [5.41, 5.74) is 0. The highest BCUT2D eigenvalue weighted by atomic mass is 32.2. The number of nitrogens with zero attached hydrogens (tertiary/aromatic N) is 1. The molecule has 0 spiro atoms. The topological polar surface area (TPSA) is 66.8 Å². The summed E-state index contributed by atoms with van der Waals surface area (Å²) in [5.74, 6) is -0.140. The Labute approximate surface area is 122 Å². The summed E-state index contributed by atoms with van der Waals surface area (Å²) in [4.78, 5) is 24.8. The zero-order chi connectivity index (χ0) is 15.0. The van der Waals surface area contributed by atoms with Crippen molar-refractivity contribution in [1.82, 2.24) is 4.90 Å². The molecule has 0 aliphatic carbocycles. The molecule has 0 aromatic heterocycles. The highest BCUT2D eigenvalue weighted by Gasteiger charge is 2.14. The fourth-order valence-corrected chi connectivity index (χ4v) is 2.38. The third-order valence-electron chi connectivity index (χ3n) is 2.56. The molecule has 6 heteroatoms. The van der Waals surface area contributed by atoms with E-state index in [9.17, 15) is 9.59 Å². The van der Waals surface area contributed by atoms with Gasteiger partial charge in [0, 0.05) is 11.4 Å². The number of thioether (sulfide) groups is 1. The van der Waals surface area contributed by atoms with Gasteiger partial charge in [-0.25, -0.2) is 0 Å². The van der Waals surface area contributed by atoms with Crippen molar-refractivity contribution in [3.05, 3.63) is 24.3 Å². The number of likely N-dealkylation sites (N-methyl/N-ethyl adjacent to an activating group) is 1. The van der Waals surface area contributed by atoms with E-state index in [0.29, 0.717) is 13.2 Å². The molecule has 110 valence electrons. The van der Waals surface area contributed by atoms with Crippen LogP contribution in [-0.2, 0) is 9.59 Å². The quantitative estimate of drug-likeness (QED) is 0.744. The number of benzene rings is 1. The summed E-state index contributed by atoms with van der Waals surface area (Å²) in [6, 6.07) is 7.48. The van der Waals surface area contributed by atoms with Gasteiger partial charge in [-0.1, -0.05) is 0 Å². The molecule has 0 saturated heterocycles.